The van der Waals surface area contributed by atoms with Crippen LogP contribution in [0.15, 0.2) is 36.7 Å². The number of nitrogens with zero attached hydrogens (tertiary/aromatic N) is 2. The lowest BCUT2D eigenvalue weighted by atomic mass is 10.1. The summed E-state index contributed by atoms with van der Waals surface area (Å²) in [4.78, 5) is 18.4. The van der Waals surface area contributed by atoms with E-state index >= 15 is 0 Å². The second-order valence-electron chi connectivity index (χ2n) is 4.08. The molecule has 20 heavy (non-hydrogen) atoms. The number of anilines is 1. The Morgan fingerprint density at radius 1 is 1.30 bits per heavy atom. The highest BCUT2D eigenvalue weighted by molar-refractivity contribution is 5.84. The summed E-state index contributed by atoms with van der Waals surface area (Å²) in [7, 11) is 1.64. The number of carbonyl (C=O) groups is 1. The highest BCUT2D eigenvalue weighted by atomic mass is 16.5. The summed E-state index contributed by atoms with van der Waals surface area (Å²) in [5, 5.41) is 11.8. The second-order valence-corrected chi connectivity index (χ2v) is 4.08. The van der Waals surface area contributed by atoms with E-state index in [0.717, 1.165) is 17.7 Å². The number of aromatic carboxylic acids is 1. The number of methoxy groups -OCH3 is 1. The van der Waals surface area contributed by atoms with Gasteiger partial charge in [0.05, 0.1) is 19.5 Å². The molecule has 1 aromatic heterocycles. The first-order valence-electron chi connectivity index (χ1n) is 6.12. The summed E-state index contributed by atoms with van der Waals surface area (Å²) in [5.41, 5.74) is 1.03. The Bertz CT molecular complexity index is 584. The van der Waals surface area contributed by atoms with Crippen molar-refractivity contribution >= 4 is 11.8 Å². The van der Waals surface area contributed by atoms with Crippen molar-refractivity contribution in [2.45, 2.75) is 6.42 Å². The van der Waals surface area contributed by atoms with Gasteiger partial charge in [0, 0.05) is 6.54 Å². The smallest absolute Gasteiger partial charge is 0.356 e. The fourth-order valence-electron chi connectivity index (χ4n) is 1.76. The summed E-state index contributed by atoms with van der Waals surface area (Å²) >= 11 is 0. The maximum absolute atomic E-state index is 10.6. The van der Waals surface area contributed by atoms with Gasteiger partial charge in [-0.1, -0.05) is 18.2 Å². The van der Waals surface area contributed by atoms with Gasteiger partial charge in [0.25, 0.3) is 0 Å². The van der Waals surface area contributed by atoms with Crippen LogP contribution in [0.25, 0.3) is 0 Å². The van der Waals surface area contributed by atoms with Crippen LogP contribution in [0.2, 0.25) is 0 Å². The molecule has 0 aliphatic heterocycles. The van der Waals surface area contributed by atoms with Crippen molar-refractivity contribution in [2.75, 3.05) is 19.0 Å². The van der Waals surface area contributed by atoms with Gasteiger partial charge in [-0.15, -0.1) is 0 Å². The number of para-hydroxylation sites is 1. The van der Waals surface area contributed by atoms with E-state index in [2.05, 4.69) is 15.3 Å². The molecular weight excluding hydrogens is 258 g/mol. The van der Waals surface area contributed by atoms with E-state index in [0.29, 0.717) is 12.4 Å². The average Bonchev–Trinajstić information content (AvgIpc) is 2.48. The predicted octanol–water partition coefficient (Wildman–Crippen LogP) is 1.84. The molecule has 6 nitrogen and oxygen atoms in total. The molecule has 1 aromatic carbocycles. The van der Waals surface area contributed by atoms with Gasteiger partial charge in [-0.05, 0) is 18.1 Å². The molecule has 0 saturated carbocycles. The Morgan fingerprint density at radius 2 is 2.10 bits per heavy atom. The molecule has 0 aliphatic carbocycles. The third-order valence-electron chi connectivity index (χ3n) is 2.76. The van der Waals surface area contributed by atoms with Crippen molar-refractivity contribution in [2.24, 2.45) is 0 Å². The first kappa shape index (κ1) is 13.8. The second kappa shape index (κ2) is 6.51. The van der Waals surface area contributed by atoms with Crippen molar-refractivity contribution in [3.05, 3.63) is 47.9 Å². The highest BCUT2D eigenvalue weighted by Gasteiger charge is 2.05. The van der Waals surface area contributed by atoms with Gasteiger partial charge in [0.2, 0.25) is 0 Å². The monoisotopic (exact) mass is 273 g/mol. The van der Waals surface area contributed by atoms with Crippen LogP contribution in [-0.4, -0.2) is 34.7 Å². The van der Waals surface area contributed by atoms with E-state index in [1.54, 1.807) is 7.11 Å². The lowest BCUT2D eigenvalue weighted by molar-refractivity contribution is 0.0690. The molecule has 0 amide bonds. The Hall–Kier alpha value is -2.63. The van der Waals surface area contributed by atoms with Gasteiger partial charge in [-0.3, -0.25) is 0 Å². The molecule has 104 valence electrons. The third-order valence-corrected chi connectivity index (χ3v) is 2.76. The maximum atomic E-state index is 10.6. The quantitative estimate of drug-likeness (QED) is 0.835. The normalized spacial score (nSPS) is 10.1. The summed E-state index contributed by atoms with van der Waals surface area (Å²) in [6.07, 6.45) is 3.41. The van der Waals surface area contributed by atoms with E-state index in [9.17, 15) is 4.79 Å². The van der Waals surface area contributed by atoms with Crippen LogP contribution in [0, 0.1) is 0 Å². The zero-order valence-electron chi connectivity index (χ0n) is 11.0. The summed E-state index contributed by atoms with van der Waals surface area (Å²) in [5.74, 6) is 0.310. The van der Waals surface area contributed by atoms with Crippen molar-refractivity contribution in [1.82, 2.24) is 9.97 Å². The number of benzene rings is 1. The van der Waals surface area contributed by atoms with Crippen LogP contribution in [-0.2, 0) is 6.42 Å². The van der Waals surface area contributed by atoms with Gasteiger partial charge >= 0.3 is 5.97 Å². The topological polar surface area (TPSA) is 84.3 Å². The molecule has 0 atom stereocenters. The van der Waals surface area contributed by atoms with Crippen LogP contribution in [0.1, 0.15) is 16.1 Å². The molecule has 0 unspecified atom stereocenters. The van der Waals surface area contributed by atoms with Crippen molar-refractivity contribution < 1.29 is 14.6 Å². The SMILES string of the molecule is COc1ccccc1CCNc1cnc(C(=O)O)cn1. The minimum Gasteiger partial charge on any atom is -0.496 e. The molecule has 2 aromatic rings. The van der Waals surface area contributed by atoms with Gasteiger partial charge in [-0.2, -0.15) is 0 Å². The van der Waals surface area contributed by atoms with Gasteiger partial charge in [0.1, 0.15) is 11.6 Å². The number of rotatable bonds is 6. The van der Waals surface area contributed by atoms with E-state index in [-0.39, 0.29) is 5.69 Å². The van der Waals surface area contributed by atoms with E-state index in [1.807, 2.05) is 24.3 Å². The van der Waals surface area contributed by atoms with Crippen molar-refractivity contribution in [3.63, 3.8) is 0 Å². The van der Waals surface area contributed by atoms with Gasteiger partial charge in [-0.25, -0.2) is 14.8 Å². The number of carboxylic acids is 1. The zero-order chi connectivity index (χ0) is 14.4. The molecule has 2 rings (SSSR count). The maximum Gasteiger partial charge on any atom is 0.356 e. The number of carboxylic acid groups (broad SMARTS) is 1. The number of hydrogen-bond acceptors (Lipinski definition) is 5. The van der Waals surface area contributed by atoms with Crippen molar-refractivity contribution in [3.8, 4) is 5.75 Å². The molecule has 0 aliphatic rings. The fourth-order valence-corrected chi connectivity index (χ4v) is 1.76. The van der Waals surface area contributed by atoms with Crippen LogP contribution < -0.4 is 10.1 Å². The summed E-state index contributed by atoms with van der Waals surface area (Å²) in [6, 6.07) is 7.79. The first-order chi connectivity index (χ1) is 9.70. The molecule has 0 fully saturated rings. The van der Waals surface area contributed by atoms with E-state index in [4.69, 9.17) is 9.84 Å². The Morgan fingerprint density at radius 3 is 2.75 bits per heavy atom. The lowest BCUT2D eigenvalue weighted by Crippen LogP contribution is -2.09. The molecule has 0 bridgehead atoms. The molecular formula is C14H15N3O3. The molecule has 0 radical (unpaired) electrons. The summed E-state index contributed by atoms with van der Waals surface area (Å²) in [6.45, 7) is 0.654. The Balaban J connectivity index is 1.91. The Kier molecular flexibility index (Phi) is 4.49. The molecule has 2 N–H and O–H groups in total. The summed E-state index contributed by atoms with van der Waals surface area (Å²) < 4.78 is 5.27. The molecule has 0 saturated heterocycles. The number of aromatic nitrogens is 2. The Labute approximate surface area is 116 Å². The standard InChI is InChI=1S/C14H15N3O3/c1-20-12-5-3-2-4-10(12)6-7-15-13-9-16-11(8-17-13)14(18)19/h2-5,8-9H,6-7H2,1H3,(H,15,17)(H,18,19). The van der Waals surface area contributed by atoms with E-state index < -0.39 is 5.97 Å². The van der Waals surface area contributed by atoms with Gasteiger partial charge < -0.3 is 15.2 Å². The largest absolute Gasteiger partial charge is 0.496 e. The fraction of sp³-hybridized carbons (Fsp3) is 0.214. The van der Waals surface area contributed by atoms with Crippen LogP contribution in [0.4, 0.5) is 5.82 Å². The van der Waals surface area contributed by atoms with Crippen LogP contribution >= 0.6 is 0 Å². The zero-order valence-corrected chi connectivity index (χ0v) is 11.0. The van der Waals surface area contributed by atoms with Crippen LogP contribution in [0.5, 0.6) is 5.75 Å². The number of ether oxygens (including phenoxy) is 1. The minimum absolute atomic E-state index is 0.0692. The predicted molar refractivity (Wildman–Crippen MR) is 74.2 cm³/mol. The van der Waals surface area contributed by atoms with E-state index in [1.165, 1.54) is 12.4 Å². The average molecular weight is 273 g/mol. The van der Waals surface area contributed by atoms with Gasteiger partial charge in [0.15, 0.2) is 5.69 Å². The molecule has 1 heterocycles. The number of hydrogen-bond donors (Lipinski definition) is 2. The highest BCUT2D eigenvalue weighted by Crippen LogP contribution is 2.17. The van der Waals surface area contributed by atoms with Crippen LogP contribution in [0.3, 0.4) is 0 Å². The number of nitrogens with one attached hydrogen (secondary N) is 1. The first-order valence-corrected chi connectivity index (χ1v) is 6.12. The third kappa shape index (κ3) is 3.44. The minimum atomic E-state index is -1.09. The lowest BCUT2D eigenvalue weighted by Gasteiger charge is -2.09. The van der Waals surface area contributed by atoms with Crippen molar-refractivity contribution in [1.29, 1.82) is 0 Å². The molecule has 0 spiro atoms. The molecule has 6 heteroatoms.